The van der Waals surface area contributed by atoms with Gasteiger partial charge in [-0.3, -0.25) is 9.88 Å². The van der Waals surface area contributed by atoms with Crippen LogP contribution in [0.4, 0.5) is 0 Å². The lowest BCUT2D eigenvalue weighted by molar-refractivity contribution is 0.0780. The van der Waals surface area contributed by atoms with Crippen LogP contribution in [0.15, 0.2) is 54.7 Å². The van der Waals surface area contributed by atoms with E-state index in [2.05, 4.69) is 17.1 Å². The first-order valence-corrected chi connectivity index (χ1v) is 9.92. The zero-order valence-corrected chi connectivity index (χ0v) is 14.3. The normalized spacial score (nSPS) is 22.8. The molecule has 2 aromatic rings. The van der Waals surface area contributed by atoms with Gasteiger partial charge in [0.1, 0.15) is 0 Å². The van der Waals surface area contributed by atoms with Gasteiger partial charge in [-0.25, -0.2) is 8.42 Å². The highest BCUT2D eigenvalue weighted by Crippen LogP contribution is 2.21. The average Bonchev–Trinajstić information content (AvgIpc) is 2.86. The summed E-state index contributed by atoms with van der Waals surface area (Å²) in [6.45, 7) is 1.21. The van der Waals surface area contributed by atoms with Crippen LogP contribution < -0.4 is 0 Å². The van der Waals surface area contributed by atoms with Crippen LogP contribution in [0, 0.1) is 0 Å². The molecule has 5 nitrogen and oxygen atoms in total. The van der Waals surface area contributed by atoms with Crippen LogP contribution in [-0.4, -0.2) is 53.6 Å². The van der Waals surface area contributed by atoms with Gasteiger partial charge < -0.3 is 5.11 Å². The molecular formula is C18H22N2O3S. The SMILES string of the molecule is O=S1(=O)C[C@@H](O)[C@H](N(CCc2ccccc2)Cc2ccccn2)C1. The summed E-state index contributed by atoms with van der Waals surface area (Å²) < 4.78 is 23.8. The second kappa shape index (κ2) is 7.42. The Morgan fingerprint density at radius 2 is 1.83 bits per heavy atom. The van der Waals surface area contributed by atoms with Crippen molar-refractivity contribution in [1.82, 2.24) is 9.88 Å². The van der Waals surface area contributed by atoms with E-state index < -0.39 is 15.9 Å². The first-order valence-electron chi connectivity index (χ1n) is 8.10. The lowest BCUT2D eigenvalue weighted by Gasteiger charge is -2.30. The third-order valence-electron chi connectivity index (χ3n) is 4.38. The van der Waals surface area contributed by atoms with Crippen molar-refractivity contribution >= 4 is 9.84 Å². The van der Waals surface area contributed by atoms with E-state index >= 15 is 0 Å². The molecule has 1 fully saturated rings. The van der Waals surface area contributed by atoms with Crippen molar-refractivity contribution in [2.45, 2.75) is 25.1 Å². The fraction of sp³-hybridized carbons (Fsp3) is 0.389. The minimum absolute atomic E-state index is 0.00971. The molecule has 2 heterocycles. The lowest BCUT2D eigenvalue weighted by Crippen LogP contribution is -2.43. The number of aliphatic hydroxyl groups is 1. The van der Waals surface area contributed by atoms with Crippen LogP contribution in [0.1, 0.15) is 11.3 Å². The molecule has 1 aromatic carbocycles. The van der Waals surface area contributed by atoms with Gasteiger partial charge in [-0.2, -0.15) is 0 Å². The van der Waals surface area contributed by atoms with Crippen molar-refractivity contribution in [3.63, 3.8) is 0 Å². The van der Waals surface area contributed by atoms with E-state index in [1.807, 2.05) is 41.3 Å². The van der Waals surface area contributed by atoms with Crippen molar-refractivity contribution in [2.75, 3.05) is 18.1 Å². The Hall–Kier alpha value is -1.76. The third kappa shape index (κ3) is 4.41. The summed E-state index contributed by atoms with van der Waals surface area (Å²) in [5.74, 6) is -0.141. The van der Waals surface area contributed by atoms with Gasteiger partial charge in [0, 0.05) is 19.3 Å². The number of sulfone groups is 1. The van der Waals surface area contributed by atoms with E-state index in [1.165, 1.54) is 5.56 Å². The molecule has 6 heteroatoms. The topological polar surface area (TPSA) is 70.5 Å². The number of aliphatic hydroxyl groups excluding tert-OH is 1. The lowest BCUT2D eigenvalue weighted by atomic mass is 10.1. The second-order valence-electron chi connectivity index (χ2n) is 6.24. The fourth-order valence-corrected chi connectivity index (χ4v) is 4.97. The maximum absolute atomic E-state index is 11.9. The first kappa shape index (κ1) is 17.1. The molecule has 1 N–H and O–H groups in total. The number of hydrogen-bond acceptors (Lipinski definition) is 5. The van der Waals surface area contributed by atoms with Crippen molar-refractivity contribution in [1.29, 1.82) is 0 Å². The largest absolute Gasteiger partial charge is 0.390 e. The molecule has 0 bridgehead atoms. The van der Waals surface area contributed by atoms with Gasteiger partial charge in [0.05, 0.1) is 29.3 Å². The van der Waals surface area contributed by atoms with Crippen LogP contribution in [0.3, 0.4) is 0 Å². The Kier molecular flexibility index (Phi) is 5.28. The number of hydrogen-bond donors (Lipinski definition) is 1. The molecule has 3 rings (SSSR count). The van der Waals surface area contributed by atoms with Crippen LogP contribution in [-0.2, 0) is 22.8 Å². The Balaban J connectivity index is 1.75. The van der Waals surface area contributed by atoms with E-state index in [9.17, 15) is 13.5 Å². The minimum Gasteiger partial charge on any atom is -0.390 e. The molecule has 1 aromatic heterocycles. The van der Waals surface area contributed by atoms with Crippen LogP contribution in [0.2, 0.25) is 0 Å². The molecule has 0 amide bonds. The highest BCUT2D eigenvalue weighted by atomic mass is 32.2. The van der Waals surface area contributed by atoms with E-state index in [1.54, 1.807) is 6.20 Å². The Bertz CT molecular complexity index is 750. The van der Waals surface area contributed by atoms with Crippen molar-refractivity contribution in [3.05, 3.63) is 66.0 Å². The highest BCUT2D eigenvalue weighted by molar-refractivity contribution is 7.91. The summed E-state index contributed by atoms with van der Waals surface area (Å²) in [4.78, 5) is 6.38. The number of pyridine rings is 1. The Morgan fingerprint density at radius 1 is 1.08 bits per heavy atom. The zero-order valence-electron chi connectivity index (χ0n) is 13.5. The van der Waals surface area contributed by atoms with Gasteiger partial charge in [-0.15, -0.1) is 0 Å². The van der Waals surface area contributed by atoms with E-state index in [4.69, 9.17) is 0 Å². The molecule has 0 radical (unpaired) electrons. The predicted octanol–water partition coefficient (Wildman–Crippen LogP) is 1.28. The molecule has 24 heavy (non-hydrogen) atoms. The zero-order chi connectivity index (χ0) is 17.0. The number of nitrogens with zero attached hydrogens (tertiary/aromatic N) is 2. The molecule has 2 atom stereocenters. The number of rotatable bonds is 6. The number of benzene rings is 1. The summed E-state index contributed by atoms with van der Waals surface area (Å²) in [6, 6.07) is 15.4. The maximum Gasteiger partial charge on any atom is 0.154 e. The summed E-state index contributed by atoms with van der Waals surface area (Å²) in [5.41, 5.74) is 2.07. The quantitative estimate of drug-likeness (QED) is 0.853. The average molecular weight is 346 g/mol. The Labute approximate surface area is 142 Å². The van der Waals surface area contributed by atoms with Crippen LogP contribution in [0.5, 0.6) is 0 Å². The molecule has 0 aliphatic carbocycles. The Morgan fingerprint density at radius 3 is 2.46 bits per heavy atom. The van der Waals surface area contributed by atoms with Crippen molar-refractivity contribution in [2.24, 2.45) is 0 Å². The monoisotopic (exact) mass is 346 g/mol. The van der Waals surface area contributed by atoms with Gasteiger partial charge in [-0.05, 0) is 24.1 Å². The fourth-order valence-electron chi connectivity index (χ4n) is 3.14. The summed E-state index contributed by atoms with van der Waals surface area (Å²) in [6.07, 6.45) is 1.69. The van der Waals surface area contributed by atoms with Gasteiger partial charge >= 0.3 is 0 Å². The van der Waals surface area contributed by atoms with E-state index in [0.717, 1.165) is 12.1 Å². The van der Waals surface area contributed by atoms with Gasteiger partial charge in [0.2, 0.25) is 0 Å². The van der Waals surface area contributed by atoms with Crippen molar-refractivity contribution < 1.29 is 13.5 Å². The summed E-state index contributed by atoms with van der Waals surface area (Å²) in [5, 5.41) is 10.2. The van der Waals surface area contributed by atoms with Crippen LogP contribution >= 0.6 is 0 Å². The standard InChI is InChI=1S/C18H22N2O3S/c21-18-14-24(22,23)13-17(18)20(12-16-8-4-5-10-19-16)11-9-15-6-2-1-3-7-15/h1-8,10,17-18,21H,9,11-14H2/t17-,18-/m1/s1. The molecular weight excluding hydrogens is 324 g/mol. The molecule has 128 valence electrons. The van der Waals surface area contributed by atoms with Crippen LogP contribution in [0.25, 0.3) is 0 Å². The molecule has 1 aliphatic rings. The van der Waals surface area contributed by atoms with Gasteiger partial charge in [0.15, 0.2) is 9.84 Å². The van der Waals surface area contributed by atoms with Gasteiger partial charge in [0.25, 0.3) is 0 Å². The minimum atomic E-state index is -3.18. The van der Waals surface area contributed by atoms with E-state index in [-0.39, 0.29) is 17.5 Å². The molecule has 1 aliphatic heterocycles. The van der Waals surface area contributed by atoms with Crippen molar-refractivity contribution in [3.8, 4) is 0 Å². The van der Waals surface area contributed by atoms with Gasteiger partial charge in [-0.1, -0.05) is 36.4 Å². The first-order chi connectivity index (χ1) is 11.5. The third-order valence-corrected chi connectivity index (χ3v) is 6.08. The molecule has 0 saturated carbocycles. The number of aromatic nitrogens is 1. The highest BCUT2D eigenvalue weighted by Gasteiger charge is 2.39. The predicted molar refractivity (Wildman–Crippen MR) is 93.2 cm³/mol. The molecule has 0 unspecified atom stereocenters. The van der Waals surface area contributed by atoms with E-state index in [0.29, 0.717) is 13.1 Å². The summed E-state index contributed by atoms with van der Waals surface area (Å²) >= 11 is 0. The molecule has 1 saturated heterocycles. The maximum atomic E-state index is 11.9. The molecule has 0 spiro atoms. The smallest absolute Gasteiger partial charge is 0.154 e. The second-order valence-corrected chi connectivity index (χ2v) is 8.39. The summed E-state index contributed by atoms with van der Waals surface area (Å²) in [7, 11) is -3.18.